The summed E-state index contributed by atoms with van der Waals surface area (Å²) in [6, 6.07) is -0.570. The fourth-order valence-corrected chi connectivity index (χ4v) is 3.94. The maximum atomic E-state index is 13.1. The van der Waals surface area contributed by atoms with Gasteiger partial charge in [0.05, 0.1) is 32.2 Å². The Hall–Kier alpha value is -1.62. The van der Waals surface area contributed by atoms with Gasteiger partial charge in [0.1, 0.15) is 11.6 Å². The molecule has 0 spiro atoms. The number of hydrogen-bond acceptors (Lipinski definition) is 6. The number of likely N-dealkylation sites (tertiary alicyclic amines) is 1. The van der Waals surface area contributed by atoms with Gasteiger partial charge in [0, 0.05) is 26.7 Å². The molecule has 0 N–H and O–H groups in total. The van der Waals surface area contributed by atoms with Crippen molar-refractivity contribution in [3.63, 3.8) is 0 Å². The van der Waals surface area contributed by atoms with Crippen molar-refractivity contribution >= 4 is 11.9 Å². The molecular weight excluding hydrogens is 382 g/mol. The standard InChI is InChI=1S/C23H39N3O4/c1-18(2)20(22(28)30-23(3,4)5)24(6)21(27)19-9-12-26(17-19)11-8-7-10-25-13-15-29-16-14-25/h18-20H,9-17H2,1-6H3/t19-,20?/m0/s1. The largest absolute Gasteiger partial charge is 0.458 e. The normalized spacial score (nSPS) is 21.8. The zero-order valence-corrected chi connectivity index (χ0v) is 19.6. The number of morpholine rings is 1. The lowest BCUT2D eigenvalue weighted by Crippen LogP contribution is -2.50. The predicted octanol–water partition coefficient (Wildman–Crippen LogP) is 1.47. The Morgan fingerprint density at radius 2 is 1.70 bits per heavy atom. The van der Waals surface area contributed by atoms with Crippen molar-refractivity contribution in [1.29, 1.82) is 0 Å². The molecule has 30 heavy (non-hydrogen) atoms. The molecule has 7 heteroatoms. The Morgan fingerprint density at radius 3 is 2.27 bits per heavy atom. The van der Waals surface area contributed by atoms with Crippen LogP contribution in [-0.2, 0) is 19.1 Å². The van der Waals surface area contributed by atoms with Crippen molar-refractivity contribution in [1.82, 2.24) is 14.7 Å². The van der Waals surface area contributed by atoms with E-state index in [0.29, 0.717) is 13.1 Å². The van der Waals surface area contributed by atoms with E-state index in [0.717, 1.165) is 45.8 Å². The summed E-state index contributed by atoms with van der Waals surface area (Å²) in [6.07, 6.45) is 0.799. The summed E-state index contributed by atoms with van der Waals surface area (Å²) in [7, 11) is 1.72. The van der Waals surface area contributed by atoms with Crippen LogP contribution in [0.3, 0.4) is 0 Å². The molecule has 2 heterocycles. The van der Waals surface area contributed by atoms with E-state index in [1.54, 1.807) is 11.9 Å². The van der Waals surface area contributed by atoms with Crippen LogP contribution in [0.15, 0.2) is 0 Å². The molecule has 170 valence electrons. The van der Waals surface area contributed by atoms with Crippen LogP contribution < -0.4 is 0 Å². The van der Waals surface area contributed by atoms with Gasteiger partial charge in [-0.2, -0.15) is 0 Å². The van der Waals surface area contributed by atoms with Gasteiger partial charge >= 0.3 is 5.97 Å². The Morgan fingerprint density at radius 1 is 1.10 bits per heavy atom. The van der Waals surface area contributed by atoms with Gasteiger partial charge in [-0.05, 0) is 39.7 Å². The molecule has 0 aromatic heterocycles. The van der Waals surface area contributed by atoms with Gasteiger partial charge in [-0.25, -0.2) is 4.79 Å². The van der Waals surface area contributed by atoms with Crippen LogP contribution in [0.2, 0.25) is 0 Å². The van der Waals surface area contributed by atoms with E-state index in [9.17, 15) is 9.59 Å². The van der Waals surface area contributed by atoms with E-state index in [1.807, 2.05) is 34.6 Å². The fraction of sp³-hybridized carbons (Fsp3) is 0.826. The van der Waals surface area contributed by atoms with Crippen molar-refractivity contribution in [3.05, 3.63) is 0 Å². The second kappa shape index (κ2) is 11.1. The molecule has 1 unspecified atom stereocenters. The molecule has 2 rings (SSSR count). The molecule has 0 aromatic rings. The van der Waals surface area contributed by atoms with Crippen LogP contribution in [0.4, 0.5) is 0 Å². The summed E-state index contributed by atoms with van der Waals surface area (Å²) < 4.78 is 10.9. The average Bonchev–Trinajstić information content (AvgIpc) is 3.12. The average molecular weight is 422 g/mol. The van der Waals surface area contributed by atoms with E-state index >= 15 is 0 Å². The molecule has 0 radical (unpaired) electrons. The smallest absolute Gasteiger partial charge is 0.329 e. The molecule has 1 amide bonds. The van der Waals surface area contributed by atoms with E-state index in [1.165, 1.54) is 0 Å². The van der Waals surface area contributed by atoms with Gasteiger partial charge in [0.25, 0.3) is 0 Å². The Balaban J connectivity index is 1.85. The first-order chi connectivity index (χ1) is 14.1. The molecule has 2 atom stereocenters. The highest BCUT2D eigenvalue weighted by Crippen LogP contribution is 2.22. The lowest BCUT2D eigenvalue weighted by atomic mass is 9.99. The van der Waals surface area contributed by atoms with Gasteiger partial charge in [-0.1, -0.05) is 25.7 Å². The zero-order chi connectivity index (χ0) is 22.3. The van der Waals surface area contributed by atoms with Gasteiger partial charge in [-0.15, -0.1) is 0 Å². The number of esters is 1. The molecule has 2 aliphatic heterocycles. The highest BCUT2D eigenvalue weighted by atomic mass is 16.6. The van der Waals surface area contributed by atoms with E-state index < -0.39 is 11.6 Å². The summed E-state index contributed by atoms with van der Waals surface area (Å²) in [5.74, 6) is 6.05. The zero-order valence-electron chi connectivity index (χ0n) is 19.6. The second-order valence-corrected chi connectivity index (χ2v) is 9.63. The van der Waals surface area contributed by atoms with Crippen molar-refractivity contribution in [2.45, 2.75) is 52.7 Å². The third kappa shape index (κ3) is 7.57. The van der Waals surface area contributed by atoms with Crippen LogP contribution in [0.5, 0.6) is 0 Å². The van der Waals surface area contributed by atoms with E-state index in [4.69, 9.17) is 9.47 Å². The van der Waals surface area contributed by atoms with Crippen molar-refractivity contribution in [2.24, 2.45) is 11.8 Å². The third-order valence-corrected chi connectivity index (χ3v) is 5.50. The summed E-state index contributed by atoms with van der Waals surface area (Å²) in [6.45, 7) is 15.9. The minimum Gasteiger partial charge on any atom is -0.458 e. The summed E-state index contributed by atoms with van der Waals surface area (Å²) in [5.41, 5.74) is -0.571. The SMILES string of the molecule is CC(C)C(C(=O)OC(C)(C)C)N(C)C(=O)[C@H]1CCN(CC#CCN2CCOCC2)C1. The Kier molecular flexibility index (Phi) is 9.14. The minimum absolute atomic E-state index is 0.0163. The first-order valence-corrected chi connectivity index (χ1v) is 11.1. The Bertz CT molecular complexity index is 641. The van der Waals surface area contributed by atoms with E-state index in [2.05, 4.69) is 21.6 Å². The second-order valence-electron chi connectivity index (χ2n) is 9.63. The number of likely N-dealkylation sites (N-methyl/N-ethyl adjacent to an activating group) is 1. The highest BCUT2D eigenvalue weighted by molar-refractivity contribution is 5.86. The molecule has 0 saturated carbocycles. The molecule has 0 aliphatic carbocycles. The minimum atomic E-state index is -0.571. The monoisotopic (exact) mass is 421 g/mol. The lowest BCUT2D eigenvalue weighted by molar-refractivity contribution is -0.166. The predicted molar refractivity (Wildman–Crippen MR) is 117 cm³/mol. The highest BCUT2D eigenvalue weighted by Gasteiger charge is 2.38. The van der Waals surface area contributed by atoms with Crippen LogP contribution >= 0.6 is 0 Å². The lowest BCUT2D eigenvalue weighted by Gasteiger charge is -2.33. The van der Waals surface area contributed by atoms with Crippen LogP contribution in [0.1, 0.15) is 41.0 Å². The summed E-state index contributed by atoms with van der Waals surface area (Å²) in [5, 5.41) is 0. The molecular formula is C23H39N3O4. The number of ether oxygens (including phenoxy) is 2. The molecule has 0 aromatic carbocycles. The quantitative estimate of drug-likeness (QED) is 0.478. The first kappa shape index (κ1) is 24.6. The van der Waals surface area contributed by atoms with Gasteiger partial charge in [0.15, 0.2) is 0 Å². The number of carbonyl (C=O) groups is 2. The fourth-order valence-electron chi connectivity index (χ4n) is 3.94. The topological polar surface area (TPSA) is 62.3 Å². The Labute approximate surface area is 182 Å². The first-order valence-electron chi connectivity index (χ1n) is 11.1. The number of nitrogens with zero attached hydrogens (tertiary/aromatic N) is 3. The number of carbonyl (C=O) groups excluding carboxylic acids is 2. The van der Waals surface area contributed by atoms with Gasteiger partial charge < -0.3 is 14.4 Å². The van der Waals surface area contributed by atoms with E-state index in [-0.39, 0.29) is 23.7 Å². The molecule has 2 saturated heterocycles. The molecule has 2 fully saturated rings. The summed E-state index contributed by atoms with van der Waals surface area (Å²) in [4.78, 5) is 31.9. The van der Waals surface area contributed by atoms with Crippen LogP contribution in [0.25, 0.3) is 0 Å². The van der Waals surface area contributed by atoms with Gasteiger partial charge in [0.2, 0.25) is 5.91 Å². The number of rotatable bonds is 6. The maximum Gasteiger partial charge on any atom is 0.329 e. The van der Waals surface area contributed by atoms with Crippen LogP contribution in [-0.4, -0.2) is 97.7 Å². The number of hydrogen-bond donors (Lipinski definition) is 0. The van der Waals surface area contributed by atoms with Crippen molar-refractivity contribution in [2.75, 3.05) is 59.5 Å². The van der Waals surface area contributed by atoms with Crippen molar-refractivity contribution in [3.8, 4) is 11.8 Å². The summed E-state index contributed by atoms with van der Waals surface area (Å²) >= 11 is 0. The van der Waals surface area contributed by atoms with Crippen LogP contribution in [0, 0.1) is 23.7 Å². The molecule has 2 aliphatic rings. The maximum absolute atomic E-state index is 13.1. The molecule has 7 nitrogen and oxygen atoms in total. The van der Waals surface area contributed by atoms with Crippen molar-refractivity contribution < 1.29 is 19.1 Å². The number of amides is 1. The third-order valence-electron chi connectivity index (χ3n) is 5.50. The molecule has 0 bridgehead atoms. The van der Waals surface area contributed by atoms with Gasteiger partial charge in [-0.3, -0.25) is 14.6 Å².